The second-order valence-electron chi connectivity index (χ2n) is 4.72. The van der Waals surface area contributed by atoms with E-state index in [1.165, 1.54) is 6.42 Å². The molecule has 2 rings (SSSR count). The Balaban J connectivity index is 1.89. The largest absolute Gasteiger partial charge is 0.383 e. The standard InChI is InChI=1S/C13H22N2O2S/c1-10-9-18-13(15-10)12-11(4-3-6-17-12)8-14-5-7-16-2/h9,11-12,14H,3-8H2,1-2H3. The molecule has 1 aromatic heterocycles. The molecule has 0 saturated carbocycles. The lowest BCUT2D eigenvalue weighted by Crippen LogP contribution is -2.33. The lowest BCUT2D eigenvalue weighted by atomic mass is 9.94. The van der Waals surface area contributed by atoms with E-state index in [2.05, 4.69) is 15.7 Å². The maximum Gasteiger partial charge on any atom is 0.122 e. The van der Waals surface area contributed by atoms with Gasteiger partial charge in [0.1, 0.15) is 11.1 Å². The van der Waals surface area contributed by atoms with Crippen LogP contribution < -0.4 is 5.32 Å². The molecule has 0 aliphatic carbocycles. The van der Waals surface area contributed by atoms with Crippen molar-refractivity contribution in [3.8, 4) is 0 Å². The minimum Gasteiger partial charge on any atom is -0.383 e. The molecule has 1 fully saturated rings. The molecule has 0 bridgehead atoms. The van der Waals surface area contributed by atoms with E-state index in [4.69, 9.17) is 9.47 Å². The summed E-state index contributed by atoms with van der Waals surface area (Å²) in [7, 11) is 1.73. The highest BCUT2D eigenvalue weighted by Gasteiger charge is 2.29. The van der Waals surface area contributed by atoms with Gasteiger partial charge in [0.25, 0.3) is 0 Å². The first-order valence-electron chi connectivity index (χ1n) is 6.54. The predicted octanol–water partition coefficient (Wildman–Crippen LogP) is 2.16. The van der Waals surface area contributed by atoms with E-state index in [-0.39, 0.29) is 6.10 Å². The van der Waals surface area contributed by atoms with Crippen LogP contribution in [0.5, 0.6) is 0 Å². The fourth-order valence-electron chi connectivity index (χ4n) is 2.29. The quantitative estimate of drug-likeness (QED) is 0.804. The third-order valence-electron chi connectivity index (χ3n) is 3.21. The molecule has 18 heavy (non-hydrogen) atoms. The molecular weight excluding hydrogens is 248 g/mol. The Morgan fingerprint density at radius 3 is 3.22 bits per heavy atom. The maximum atomic E-state index is 5.92. The Morgan fingerprint density at radius 2 is 2.50 bits per heavy atom. The molecule has 1 saturated heterocycles. The normalized spacial score (nSPS) is 24.3. The Morgan fingerprint density at radius 1 is 1.61 bits per heavy atom. The van der Waals surface area contributed by atoms with Gasteiger partial charge in [-0.05, 0) is 19.8 Å². The van der Waals surface area contributed by atoms with E-state index in [0.29, 0.717) is 5.92 Å². The van der Waals surface area contributed by atoms with Gasteiger partial charge in [0.2, 0.25) is 0 Å². The van der Waals surface area contributed by atoms with Crippen molar-refractivity contribution in [2.45, 2.75) is 25.9 Å². The van der Waals surface area contributed by atoms with Crippen LogP contribution in [0, 0.1) is 12.8 Å². The number of thiazole rings is 1. The molecule has 1 aliphatic rings. The number of hydrogen-bond acceptors (Lipinski definition) is 5. The number of ether oxygens (including phenoxy) is 2. The summed E-state index contributed by atoms with van der Waals surface area (Å²) in [6.45, 7) is 5.53. The Bertz CT molecular complexity index is 357. The van der Waals surface area contributed by atoms with E-state index >= 15 is 0 Å². The average molecular weight is 270 g/mol. The van der Waals surface area contributed by atoms with E-state index < -0.39 is 0 Å². The zero-order valence-electron chi connectivity index (χ0n) is 11.1. The second kappa shape index (κ2) is 7.19. The molecule has 0 amide bonds. The van der Waals surface area contributed by atoms with Crippen LogP contribution in [0.3, 0.4) is 0 Å². The molecule has 0 radical (unpaired) electrons. The Kier molecular flexibility index (Phi) is 5.56. The van der Waals surface area contributed by atoms with Crippen LogP contribution in [0.1, 0.15) is 29.6 Å². The summed E-state index contributed by atoms with van der Waals surface area (Å²) >= 11 is 1.71. The van der Waals surface area contributed by atoms with Crippen molar-refractivity contribution < 1.29 is 9.47 Å². The first kappa shape index (κ1) is 13.9. The lowest BCUT2D eigenvalue weighted by molar-refractivity contribution is -0.0281. The molecule has 0 aromatic carbocycles. The highest BCUT2D eigenvalue weighted by atomic mass is 32.1. The summed E-state index contributed by atoms with van der Waals surface area (Å²) in [4.78, 5) is 4.57. The summed E-state index contributed by atoms with van der Waals surface area (Å²) in [6.07, 6.45) is 2.54. The van der Waals surface area contributed by atoms with Gasteiger partial charge in [-0.25, -0.2) is 4.98 Å². The topological polar surface area (TPSA) is 43.4 Å². The van der Waals surface area contributed by atoms with Crippen LogP contribution in [-0.2, 0) is 9.47 Å². The van der Waals surface area contributed by atoms with Crippen LogP contribution in [0.4, 0.5) is 0 Å². The average Bonchev–Trinajstić information content (AvgIpc) is 2.82. The van der Waals surface area contributed by atoms with Crippen molar-refractivity contribution in [3.05, 3.63) is 16.1 Å². The van der Waals surface area contributed by atoms with E-state index in [1.54, 1.807) is 18.4 Å². The van der Waals surface area contributed by atoms with Crippen molar-refractivity contribution in [1.29, 1.82) is 0 Å². The number of hydrogen-bond donors (Lipinski definition) is 1. The van der Waals surface area contributed by atoms with Gasteiger partial charge in [-0.1, -0.05) is 0 Å². The van der Waals surface area contributed by atoms with Gasteiger partial charge in [0.15, 0.2) is 0 Å². The van der Waals surface area contributed by atoms with Crippen molar-refractivity contribution >= 4 is 11.3 Å². The minimum atomic E-state index is 0.174. The lowest BCUT2D eigenvalue weighted by Gasteiger charge is -2.30. The van der Waals surface area contributed by atoms with Crippen molar-refractivity contribution in [1.82, 2.24) is 10.3 Å². The van der Waals surface area contributed by atoms with Crippen molar-refractivity contribution in [2.75, 3.05) is 33.4 Å². The molecule has 102 valence electrons. The van der Waals surface area contributed by atoms with Crippen LogP contribution in [0.2, 0.25) is 0 Å². The van der Waals surface area contributed by atoms with Crippen molar-refractivity contribution in [3.63, 3.8) is 0 Å². The molecule has 5 heteroatoms. The number of nitrogens with one attached hydrogen (secondary N) is 1. The summed E-state index contributed by atoms with van der Waals surface area (Å²) in [5, 5.41) is 6.66. The molecule has 1 aliphatic heterocycles. The minimum absolute atomic E-state index is 0.174. The van der Waals surface area contributed by atoms with Gasteiger partial charge in [-0.15, -0.1) is 11.3 Å². The van der Waals surface area contributed by atoms with Crippen LogP contribution in [0.25, 0.3) is 0 Å². The highest BCUT2D eigenvalue weighted by molar-refractivity contribution is 7.09. The van der Waals surface area contributed by atoms with E-state index in [1.807, 2.05) is 6.92 Å². The number of rotatable bonds is 6. The van der Waals surface area contributed by atoms with Gasteiger partial charge in [0.05, 0.1) is 6.61 Å². The molecule has 4 nitrogen and oxygen atoms in total. The third-order valence-corrected chi connectivity index (χ3v) is 4.24. The van der Waals surface area contributed by atoms with Crippen LogP contribution in [-0.4, -0.2) is 38.4 Å². The summed E-state index contributed by atoms with van der Waals surface area (Å²) in [5.74, 6) is 0.529. The molecule has 0 spiro atoms. The maximum absolute atomic E-state index is 5.92. The molecular formula is C13H22N2O2S. The molecule has 1 N–H and O–H groups in total. The fraction of sp³-hybridized carbons (Fsp3) is 0.769. The molecule has 2 heterocycles. The van der Waals surface area contributed by atoms with Gasteiger partial charge >= 0.3 is 0 Å². The number of methoxy groups -OCH3 is 1. The Hall–Kier alpha value is -0.490. The fourth-order valence-corrected chi connectivity index (χ4v) is 3.23. The van der Waals surface area contributed by atoms with Gasteiger partial charge in [0, 0.05) is 43.8 Å². The smallest absolute Gasteiger partial charge is 0.122 e. The zero-order chi connectivity index (χ0) is 12.8. The van der Waals surface area contributed by atoms with E-state index in [9.17, 15) is 0 Å². The first-order valence-corrected chi connectivity index (χ1v) is 7.42. The van der Waals surface area contributed by atoms with Gasteiger partial charge in [-0.2, -0.15) is 0 Å². The summed E-state index contributed by atoms with van der Waals surface area (Å²) in [5.41, 5.74) is 1.09. The molecule has 1 aromatic rings. The first-order chi connectivity index (χ1) is 8.81. The summed E-state index contributed by atoms with van der Waals surface area (Å²) in [6, 6.07) is 0. The SMILES string of the molecule is COCCNCC1CCCOC1c1nc(C)cs1. The highest BCUT2D eigenvalue weighted by Crippen LogP contribution is 2.34. The molecule has 2 unspecified atom stereocenters. The van der Waals surface area contributed by atoms with Crippen LogP contribution >= 0.6 is 11.3 Å². The molecule has 2 atom stereocenters. The van der Waals surface area contributed by atoms with E-state index in [0.717, 1.165) is 43.4 Å². The van der Waals surface area contributed by atoms with Crippen molar-refractivity contribution in [2.24, 2.45) is 5.92 Å². The number of nitrogens with zero attached hydrogens (tertiary/aromatic N) is 1. The second-order valence-corrected chi connectivity index (χ2v) is 5.61. The zero-order valence-corrected chi connectivity index (χ0v) is 12.0. The summed E-state index contributed by atoms with van der Waals surface area (Å²) < 4.78 is 11.0. The third kappa shape index (κ3) is 3.75. The monoisotopic (exact) mass is 270 g/mol. The predicted molar refractivity (Wildman–Crippen MR) is 73.0 cm³/mol. The van der Waals surface area contributed by atoms with Crippen LogP contribution in [0.15, 0.2) is 5.38 Å². The number of aryl methyl sites for hydroxylation is 1. The van der Waals surface area contributed by atoms with Gasteiger partial charge < -0.3 is 14.8 Å². The Labute approximate surface area is 113 Å². The van der Waals surface area contributed by atoms with Gasteiger partial charge in [-0.3, -0.25) is 0 Å². The number of aromatic nitrogens is 1.